The molecule has 0 radical (unpaired) electrons. The van der Waals surface area contributed by atoms with Crippen LogP contribution < -0.4 is 0 Å². The molecule has 1 unspecified atom stereocenters. The van der Waals surface area contributed by atoms with E-state index in [-0.39, 0.29) is 17.7 Å². The normalized spacial score (nSPS) is 26.7. The van der Waals surface area contributed by atoms with Crippen LogP contribution in [-0.4, -0.2) is 97.4 Å². The van der Waals surface area contributed by atoms with E-state index in [9.17, 15) is 9.59 Å². The number of carbonyl (C=O) groups is 2. The van der Waals surface area contributed by atoms with Gasteiger partial charge in [-0.3, -0.25) is 14.5 Å². The van der Waals surface area contributed by atoms with E-state index in [1.165, 1.54) is 25.7 Å². The summed E-state index contributed by atoms with van der Waals surface area (Å²) in [5.74, 6) is 0.212. The molecular formula is C19H34N4O2. The summed E-state index contributed by atoms with van der Waals surface area (Å²) in [7, 11) is 4.02. The Hall–Kier alpha value is -1.14. The first kappa shape index (κ1) is 18.6. The highest BCUT2D eigenvalue weighted by molar-refractivity contribution is 5.89. The molecule has 0 aromatic heterocycles. The lowest BCUT2D eigenvalue weighted by Crippen LogP contribution is -2.41. The third-order valence-electron chi connectivity index (χ3n) is 6.06. The van der Waals surface area contributed by atoms with Crippen molar-refractivity contribution in [1.82, 2.24) is 19.6 Å². The Balaban J connectivity index is 1.50. The first-order valence-corrected chi connectivity index (χ1v) is 10.00. The quantitative estimate of drug-likeness (QED) is 0.738. The molecule has 6 heteroatoms. The molecule has 2 amide bonds. The monoisotopic (exact) mass is 350 g/mol. The number of nitrogens with zero attached hydrogens (tertiary/aromatic N) is 4. The Labute approximate surface area is 152 Å². The molecule has 2 aliphatic heterocycles. The predicted octanol–water partition coefficient (Wildman–Crippen LogP) is 0.873. The SMILES string of the molecule is CN(C)CCN1CC(C(=O)N2CCCN(C3CCCC3)CC2)CC1=O. The Morgan fingerprint density at radius 2 is 1.84 bits per heavy atom. The van der Waals surface area contributed by atoms with E-state index in [4.69, 9.17) is 0 Å². The van der Waals surface area contributed by atoms with Crippen molar-refractivity contribution >= 4 is 11.8 Å². The molecule has 1 aliphatic carbocycles. The van der Waals surface area contributed by atoms with Gasteiger partial charge in [-0.1, -0.05) is 12.8 Å². The summed E-state index contributed by atoms with van der Waals surface area (Å²) >= 11 is 0. The van der Waals surface area contributed by atoms with Crippen LogP contribution in [0.4, 0.5) is 0 Å². The highest BCUT2D eigenvalue weighted by Gasteiger charge is 2.37. The maximum absolute atomic E-state index is 12.9. The molecule has 3 rings (SSSR count). The largest absolute Gasteiger partial charge is 0.341 e. The second-order valence-electron chi connectivity index (χ2n) is 8.20. The first-order chi connectivity index (χ1) is 12.0. The van der Waals surface area contributed by atoms with E-state index in [1.54, 1.807) is 0 Å². The van der Waals surface area contributed by atoms with Gasteiger partial charge in [0.1, 0.15) is 0 Å². The van der Waals surface area contributed by atoms with Gasteiger partial charge < -0.3 is 14.7 Å². The molecule has 0 bridgehead atoms. The Morgan fingerprint density at radius 1 is 1.08 bits per heavy atom. The minimum absolute atomic E-state index is 0.132. The van der Waals surface area contributed by atoms with Crippen LogP contribution in [0.15, 0.2) is 0 Å². The molecule has 1 saturated carbocycles. The topological polar surface area (TPSA) is 47.1 Å². The van der Waals surface area contributed by atoms with E-state index in [0.717, 1.165) is 51.7 Å². The smallest absolute Gasteiger partial charge is 0.228 e. The molecule has 25 heavy (non-hydrogen) atoms. The summed E-state index contributed by atoms with van der Waals surface area (Å²) in [6.07, 6.45) is 6.83. The number of likely N-dealkylation sites (tertiary alicyclic amines) is 1. The summed E-state index contributed by atoms with van der Waals surface area (Å²) in [4.78, 5) is 33.7. The van der Waals surface area contributed by atoms with E-state index < -0.39 is 0 Å². The van der Waals surface area contributed by atoms with E-state index in [0.29, 0.717) is 13.0 Å². The Kier molecular flexibility index (Phi) is 6.34. The van der Waals surface area contributed by atoms with Crippen LogP contribution in [0.2, 0.25) is 0 Å². The van der Waals surface area contributed by atoms with Gasteiger partial charge in [0.15, 0.2) is 0 Å². The van der Waals surface area contributed by atoms with Crippen molar-refractivity contribution in [2.24, 2.45) is 5.92 Å². The summed E-state index contributed by atoms with van der Waals surface area (Å²) in [5, 5.41) is 0. The Morgan fingerprint density at radius 3 is 2.56 bits per heavy atom. The molecule has 6 nitrogen and oxygen atoms in total. The minimum Gasteiger partial charge on any atom is -0.341 e. The maximum Gasteiger partial charge on any atom is 0.228 e. The average Bonchev–Trinajstić information content (AvgIpc) is 3.17. The molecular weight excluding hydrogens is 316 g/mol. The first-order valence-electron chi connectivity index (χ1n) is 10.00. The van der Waals surface area contributed by atoms with Gasteiger partial charge in [-0.25, -0.2) is 0 Å². The lowest BCUT2D eigenvalue weighted by Gasteiger charge is -2.28. The van der Waals surface area contributed by atoms with Crippen LogP contribution >= 0.6 is 0 Å². The third-order valence-corrected chi connectivity index (χ3v) is 6.06. The average molecular weight is 351 g/mol. The summed E-state index contributed by atoms with van der Waals surface area (Å²) in [5.41, 5.74) is 0. The van der Waals surface area contributed by atoms with Crippen LogP contribution in [0.25, 0.3) is 0 Å². The molecule has 142 valence electrons. The van der Waals surface area contributed by atoms with Crippen molar-refractivity contribution in [3.63, 3.8) is 0 Å². The van der Waals surface area contributed by atoms with E-state index in [1.807, 2.05) is 23.9 Å². The van der Waals surface area contributed by atoms with E-state index in [2.05, 4.69) is 9.80 Å². The highest BCUT2D eigenvalue weighted by atomic mass is 16.2. The number of likely N-dealkylation sites (N-methyl/N-ethyl adjacent to an activating group) is 1. The van der Waals surface area contributed by atoms with Crippen molar-refractivity contribution in [3.05, 3.63) is 0 Å². The van der Waals surface area contributed by atoms with Gasteiger partial charge in [-0.2, -0.15) is 0 Å². The summed E-state index contributed by atoms with van der Waals surface area (Å²) < 4.78 is 0. The molecule has 2 saturated heterocycles. The van der Waals surface area contributed by atoms with Crippen molar-refractivity contribution in [3.8, 4) is 0 Å². The van der Waals surface area contributed by atoms with Crippen LogP contribution in [-0.2, 0) is 9.59 Å². The fourth-order valence-electron chi connectivity index (χ4n) is 4.52. The molecule has 3 aliphatic rings. The number of carbonyl (C=O) groups excluding carboxylic acids is 2. The second-order valence-corrected chi connectivity index (χ2v) is 8.20. The van der Waals surface area contributed by atoms with Gasteiger partial charge in [-0.05, 0) is 33.4 Å². The fraction of sp³-hybridized carbons (Fsp3) is 0.895. The van der Waals surface area contributed by atoms with Gasteiger partial charge in [-0.15, -0.1) is 0 Å². The Bertz CT molecular complexity index is 476. The van der Waals surface area contributed by atoms with Gasteiger partial charge in [0.25, 0.3) is 0 Å². The zero-order valence-electron chi connectivity index (χ0n) is 16.0. The second kappa shape index (κ2) is 8.49. The van der Waals surface area contributed by atoms with E-state index >= 15 is 0 Å². The van der Waals surface area contributed by atoms with Crippen LogP contribution in [0.1, 0.15) is 38.5 Å². The van der Waals surface area contributed by atoms with Crippen molar-refractivity contribution in [1.29, 1.82) is 0 Å². The molecule has 0 spiro atoms. The highest BCUT2D eigenvalue weighted by Crippen LogP contribution is 2.25. The molecule has 0 aromatic carbocycles. The lowest BCUT2D eigenvalue weighted by atomic mass is 10.1. The zero-order valence-corrected chi connectivity index (χ0v) is 16.0. The number of hydrogen-bond donors (Lipinski definition) is 0. The molecule has 2 heterocycles. The number of amides is 2. The van der Waals surface area contributed by atoms with Gasteiger partial charge in [0.05, 0.1) is 5.92 Å². The number of hydrogen-bond acceptors (Lipinski definition) is 4. The van der Waals surface area contributed by atoms with Gasteiger partial charge in [0.2, 0.25) is 11.8 Å². The predicted molar refractivity (Wildman–Crippen MR) is 98.3 cm³/mol. The zero-order chi connectivity index (χ0) is 17.8. The number of rotatable bonds is 5. The van der Waals surface area contributed by atoms with Gasteiger partial charge in [0, 0.05) is 58.3 Å². The molecule has 0 N–H and O–H groups in total. The lowest BCUT2D eigenvalue weighted by molar-refractivity contribution is -0.135. The molecule has 0 aromatic rings. The summed E-state index contributed by atoms with van der Waals surface area (Å²) in [6.45, 7) is 5.99. The third kappa shape index (κ3) is 4.73. The van der Waals surface area contributed by atoms with Gasteiger partial charge >= 0.3 is 0 Å². The van der Waals surface area contributed by atoms with Crippen molar-refractivity contribution < 1.29 is 9.59 Å². The maximum atomic E-state index is 12.9. The fourth-order valence-corrected chi connectivity index (χ4v) is 4.52. The standard InChI is InChI=1S/C19H34N4O2/c1-20(2)10-11-23-15-16(14-18(23)24)19(25)22-9-5-8-21(12-13-22)17-6-3-4-7-17/h16-17H,3-15H2,1-2H3. The van der Waals surface area contributed by atoms with Crippen LogP contribution in [0, 0.1) is 5.92 Å². The van der Waals surface area contributed by atoms with Crippen molar-refractivity contribution in [2.75, 3.05) is 59.9 Å². The molecule has 3 fully saturated rings. The summed E-state index contributed by atoms with van der Waals surface area (Å²) in [6, 6.07) is 0.740. The van der Waals surface area contributed by atoms with Crippen LogP contribution in [0.3, 0.4) is 0 Å². The molecule has 1 atom stereocenters. The van der Waals surface area contributed by atoms with Crippen LogP contribution in [0.5, 0.6) is 0 Å². The minimum atomic E-state index is -0.132. The van der Waals surface area contributed by atoms with Crippen molar-refractivity contribution in [2.45, 2.75) is 44.6 Å².